The third kappa shape index (κ3) is 7.37. The molecule has 0 saturated carbocycles. The van der Waals surface area contributed by atoms with E-state index < -0.39 is 24.4 Å². The second-order valence-corrected chi connectivity index (χ2v) is 6.37. The number of hydroxylamine groups is 2. The van der Waals surface area contributed by atoms with Gasteiger partial charge in [0, 0.05) is 38.1 Å². The standard InChI is InChI=1S/C18H23N3O9/c22-13(19-7-1-2-8-20-14(23)3-4-15(20)24)11-28-9-10-29-12-18(27)30-21-16(25)5-6-17(21)26/h3-4H,1-2,5-12H2,(H,19,22). The summed E-state index contributed by atoms with van der Waals surface area (Å²) in [7, 11) is 0. The number of rotatable bonds is 13. The lowest BCUT2D eigenvalue weighted by Gasteiger charge is -2.13. The summed E-state index contributed by atoms with van der Waals surface area (Å²) in [5.74, 6) is -3.02. The lowest BCUT2D eigenvalue weighted by atomic mass is 10.3. The average Bonchev–Trinajstić information content (AvgIpc) is 3.20. The maximum Gasteiger partial charge on any atom is 0.358 e. The van der Waals surface area contributed by atoms with Gasteiger partial charge in [-0.05, 0) is 12.8 Å². The summed E-state index contributed by atoms with van der Waals surface area (Å²) in [6.45, 7) is 0.0748. The van der Waals surface area contributed by atoms with Crippen molar-refractivity contribution < 1.29 is 43.1 Å². The van der Waals surface area contributed by atoms with Gasteiger partial charge in [-0.15, -0.1) is 5.06 Å². The van der Waals surface area contributed by atoms with Gasteiger partial charge in [-0.1, -0.05) is 0 Å². The number of imide groups is 2. The second-order valence-electron chi connectivity index (χ2n) is 6.37. The predicted molar refractivity (Wildman–Crippen MR) is 96.9 cm³/mol. The van der Waals surface area contributed by atoms with Crippen LogP contribution in [0.15, 0.2) is 12.2 Å². The van der Waals surface area contributed by atoms with Crippen molar-refractivity contribution in [2.24, 2.45) is 0 Å². The van der Waals surface area contributed by atoms with Crippen molar-refractivity contribution >= 4 is 35.5 Å². The van der Waals surface area contributed by atoms with E-state index in [0.717, 1.165) is 4.90 Å². The van der Waals surface area contributed by atoms with Crippen molar-refractivity contribution in [2.45, 2.75) is 25.7 Å². The Morgan fingerprint density at radius 2 is 1.50 bits per heavy atom. The van der Waals surface area contributed by atoms with Crippen molar-refractivity contribution in [2.75, 3.05) is 39.5 Å². The Bertz CT molecular complexity index is 700. The summed E-state index contributed by atoms with van der Waals surface area (Å²) in [5.41, 5.74) is 0. The van der Waals surface area contributed by atoms with Crippen molar-refractivity contribution in [3.8, 4) is 0 Å². The van der Waals surface area contributed by atoms with Crippen molar-refractivity contribution in [1.29, 1.82) is 0 Å². The van der Waals surface area contributed by atoms with Crippen LogP contribution in [-0.4, -0.2) is 85.0 Å². The number of carbonyl (C=O) groups is 6. The third-order valence-corrected chi connectivity index (χ3v) is 4.06. The maximum atomic E-state index is 11.6. The molecule has 0 aromatic heterocycles. The topological polar surface area (TPSA) is 149 Å². The van der Waals surface area contributed by atoms with Crippen molar-refractivity contribution in [3.05, 3.63) is 12.2 Å². The summed E-state index contributed by atoms with van der Waals surface area (Å²) in [6.07, 6.45) is 3.64. The van der Waals surface area contributed by atoms with Crippen LogP contribution in [0.1, 0.15) is 25.7 Å². The summed E-state index contributed by atoms with van der Waals surface area (Å²) in [4.78, 5) is 74.1. The molecule has 1 saturated heterocycles. The van der Waals surface area contributed by atoms with Crippen LogP contribution in [0.3, 0.4) is 0 Å². The fourth-order valence-electron chi connectivity index (χ4n) is 2.55. The minimum absolute atomic E-state index is 0.0101. The van der Waals surface area contributed by atoms with Gasteiger partial charge in [-0.3, -0.25) is 28.9 Å². The molecule has 2 aliphatic heterocycles. The van der Waals surface area contributed by atoms with Crippen LogP contribution in [0.4, 0.5) is 0 Å². The molecule has 12 heteroatoms. The van der Waals surface area contributed by atoms with Crippen LogP contribution in [0.25, 0.3) is 0 Å². The highest BCUT2D eigenvalue weighted by molar-refractivity contribution is 6.12. The van der Waals surface area contributed by atoms with Crippen molar-refractivity contribution in [3.63, 3.8) is 0 Å². The number of amides is 5. The van der Waals surface area contributed by atoms with E-state index in [9.17, 15) is 28.8 Å². The normalized spacial score (nSPS) is 16.0. The van der Waals surface area contributed by atoms with Crippen LogP contribution in [0, 0.1) is 0 Å². The van der Waals surface area contributed by atoms with Crippen LogP contribution < -0.4 is 5.32 Å². The molecule has 30 heavy (non-hydrogen) atoms. The first-order valence-electron chi connectivity index (χ1n) is 9.41. The molecule has 2 aliphatic rings. The molecule has 0 aromatic carbocycles. The maximum absolute atomic E-state index is 11.6. The van der Waals surface area contributed by atoms with E-state index in [4.69, 9.17) is 9.47 Å². The molecule has 0 bridgehead atoms. The molecule has 0 radical (unpaired) electrons. The third-order valence-electron chi connectivity index (χ3n) is 4.06. The molecule has 12 nitrogen and oxygen atoms in total. The van der Waals surface area contributed by atoms with Gasteiger partial charge in [-0.2, -0.15) is 0 Å². The second kappa shape index (κ2) is 11.8. The molecular weight excluding hydrogens is 402 g/mol. The van der Waals surface area contributed by atoms with Crippen LogP contribution in [0.5, 0.6) is 0 Å². The minimum Gasteiger partial charge on any atom is -0.369 e. The van der Waals surface area contributed by atoms with Gasteiger partial charge in [0.15, 0.2) is 0 Å². The molecule has 0 atom stereocenters. The number of nitrogens with one attached hydrogen (secondary N) is 1. The summed E-state index contributed by atoms with van der Waals surface area (Å²) in [6, 6.07) is 0. The van der Waals surface area contributed by atoms with Crippen LogP contribution in [-0.2, 0) is 43.1 Å². The Kier molecular flexibility index (Phi) is 9.09. The molecule has 1 fully saturated rings. The SMILES string of the molecule is O=C(COCCOCC(=O)ON1C(=O)CCC1=O)NCCCCN1C(=O)C=CC1=O. The zero-order chi connectivity index (χ0) is 21.9. The Labute approximate surface area is 172 Å². The monoisotopic (exact) mass is 425 g/mol. The van der Waals surface area contributed by atoms with E-state index in [0.29, 0.717) is 31.0 Å². The van der Waals surface area contributed by atoms with Gasteiger partial charge < -0.3 is 19.6 Å². The van der Waals surface area contributed by atoms with E-state index in [1.54, 1.807) is 0 Å². The number of hydrogen-bond donors (Lipinski definition) is 1. The molecule has 0 unspecified atom stereocenters. The van der Waals surface area contributed by atoms with E-state index in [1.165, 1.54) is 12.2 Å². The average molecular weight is 425 g/mol. The van der Waals surface area contributed by atoms with Crippen LogP contribution >= 0.6 is 0 Å². The van der Waals surface area contributed by atoms with Gasteiger partial charge in [0.1, 0.15) is 13.2 Å². The largest absolute Gasteiger partial charge is 0.369 e. The zero-order valence-corrected chi connectivity index (χ0v) is 16.3. The fourth-order valence-corrected chi connectivity index (χ4v) is 2.55. The van der Waals surface area contributed by atoms with E-state index in [-0.39, 0.29) is 50.4 Å². The minimum atomic E-state index is -0.885. The quantitative estimate of drug-likeness (QED) is 0.273. The smallest absolute Gasteiger partial charge is 0.358 e. The Morgan fingerprint density at radius 1 is 0.900 bits per heavy atom. The molecule has 1 N–H and O–H groups in total. The number of nitrogens with zero attached hydrogens (tertiary/aromatic N) is 2. The fraction of sp³-hybridized carbons (Fsp3) is 0.556. The number of carbonyl (C=O) groups excluding carboxylic acids is 6. The van der Waals surface area contributed by atoms with Gasteiger partial charge in [-0.25, -0.2) is 4.79 Å². The summed E-state index contributed by atoms with van der Waals surface area (Å²) < 4.78 is 10.1. The molecule has 5 amide bonds. The highest BCUT2D eigenvalue weighted by Gasteiger charge is 2.32. The Morgan fingerprint density at radius 3 is 2.13 bits per heavy atom. The first-order valence-corrected chi connectivity index (χ1v) is 9.41. The van der Waals surface area contributed by atoms with E-state index in [1.807, 2.05) is 0 Å². The molecule has 2 rings (SSSR count). The number of ether oxygens (including phenoxy) is 2. The molecule has 0 aliphatic carbocycles. The Hall–Kier alpha value is -3.12. The Balaban J connectivity index is 1.41. The van der Waals surface area contributed by atoms with Crippen molar-refractivity contribution in [1.82, 2.24) is 15.3 Å². The molecule has 0 aromatic rings. The summed E-state index contributed by atoms with van der Waals surface area (Å²) >= 11 is 0. The lowest BCUT2D eigenvalue weighted by Crippen LogP contribution is -2.33. The molecule has 2 heterocycles. The van der Waals surface area contributed by atoms with E-state index >= 15 is 0 Å². The van der Waals surface area contributed by atoms with Gasteiger partial charge >= 0.3 is 5.97 Å². The van der Waals surface area contributed by atoms with Gasteiger partial charge in [0.25, 0.3) is 23.6 Å². The van der Waals surface area contributed by atoms with Gasteiger partial charge in [0.05, 0.1) is 13.2 Å². The molecule has 164 valence electrons. The number of hydrogen-bond acceptors (Lipinski definition) is 9. The lowest BCUT2D eigenvalue weighted by molar-refractivity contribution is -0.200. The summed E-state index contributed by atoms with van der Waals surface area (Å²) in [5, 5.41) is 3.07. The molecular formula is C18H23N3O9. The van der Waals surface area contributed by atoms with Crippen LogP contribution in [0.2, 0.25) is 0 Å². The highest BCUT2D eigenvalue weighted by atomic mass is 16.7. The highest BCUT2D eigenvalue weighted by Crippen LogP contribution is 2.12. The van der Waals surface area contributed by atoms with E-state index in [2.05, 4.69) is 10.2 Å². The molecule has 0 spiro atoms. The van der Waals surface area contributed by atoms with Gasteiger partial charge in [0.2, 0.25) is 5.91 Å². The first kappa shape index (κ1) is 23.2. The predicted octanol–water partition coefficient (Wildman–Crippen LogP) is -1.55. The first-order chi connectivity index (χ1) is 14.4. The number of unbranched alkanes of at least 4 members (excludes halogenated alkanes) is 1. The zero-order valence-electron chi connectivity index (χ0n) is 16.3.